The Morgan fingerprint density at radius 3 is 2.25 bits per heavy atom. The average Bonchev–Trinajstić information content (AvgIpc) is 3.10. The highest BCUT2D eigenvalue weighted by molar-refractivity contribution is 6.18. The number of unbranched alkanes of at least 4 members (excludes halogenated alkanes) is 1. The maximum Gasteiger partial charge on any atom is 0.256 e. The Balaban J connectivity index is 1.41. The van der Waals surface area contributed by atoms with Crippen molar-refractivity contribution in [2.45, 2.75) is 58.8 Å². The SMILES string of the molecule is CC1=C(C)C(=O)N(CCCCC2CC3CCC2C3)C1=O. The van der Waals surface area contributed by atoms with Crippen LogP contribution in [-0.4, -0.2) is 23.3 Å². The number of imide groups is 1. The highest BCUT2D eigenvalue weighted by Gasteiger charge is 2.39. The van der Waals surface area contributed by atoms with Gasteiger partial charge in [-0.3, -0.25) is 14.5 Å². The van der Waals surface area contributed by atoms with Crippen LogP contribution in [0, 0.1) is 17.8 Å². The van der Waals surface area contributed by atoms with Gasteiger partial charge in [-0.2, -0.15) is 0 Å². The lowest BCUT2D eigenvalue weighted by atomic mass is 9.85. The molecule has 2 bridgehead atoms. The monoisotopic (exact) mass is 275 g/mol. The van der Waals surface area contributed by atoms with E-state index in [0.29, 0.717) is 17.7 Å². The number of rotatable bonds is 5. The van der Waals surface area contributed by atoms with Crippen LogP contribution in [0.5, 0.6) is 0 Å². The van der Waals surface area contributed by atoms with Crippen LogP contribution in [0.15, 0.2) is 11.1 Å². The summed E-state index contributed by atoms with van der Waals surface area (Å²) >= 11 is 0. The van der Waals surface area contributed by atoms with Gasteiger partial charge in [-0.05, 0) is 57.3 Å². The lowest BCUT2D eigenvalue weighted by Gasteiger charge is -2.22. The molecule has 3 nitrogen and oxygen atoms in total. The Kier molecular flexibility index (Phi) is 3.70. The first kappa shape index (κ1) is 13.8. The normalized spacial score (nSPS) is 32.9. The summed E-state index contributed by atoms with van der Waals surface area (Å²) in [5.41, 5.74) is 1.26. The van der Waals surface area contributed by atoms with E-state index in [-0.39, 0.29) is 11.8 Å². The largest absolute Gasteiger partial charge is 0.275 e. The zero-order valence-electron chi connectivity index (χ0n) is 12.7. The van der Waals surface area contributed by atoms with Crippen molar-refractivity contribution in [3.63, 3.8) is 0 Å². The molecule has 2 amide bonds. The third-order valence-electron chi connectivity index (χ3n) is 5.79. The maximum absolute atomic E-state index is 11.9. The van der Waals surface area contributed by atoms with Crippen molar-refractivity contribution in [2.24, 2.45) is 17.8 Å². The summed E-state index contributed by atoms with van der Waals surface area (Å²) in [6.45, 7) is 4.11. The van der Waals surface area contributed by atoms with Crippen molar-refractivity contribution in [3.8, 4) is 0 Å². The second-order valence-electron chi connectivity index (χ2n) is 6.94. The minimum atomic E-state index is -0.0765. The van der Waals surface area contributed by atoms with Gasteiger partial charge in [-0.15, -0.1) is 0 Å². The van der Waals surface area contributed by atoms with Gasteiger partial charge in [-0.25, -0.2) is 0 Å². The molecular weight excluding hydrogens is 250 g/mol. The van der Waals surface area contributed by atoms with E-state index in [1.807, 2.05) is 0 Å². The number of hydrogen-bond acceptors (Lipinski definition) is 2. The second-order valence-corrected chi connectivity index (χ2v) is 6.94. The summed E-state index contributed by atoms with van der Waals surface area (Å²) < 4.78 is 0. The van der Waals surface area contributed by atoms with Crippen LogP contribution in [-0.2, 0) is 9.59 Å². The highest BCUT2D eigenvalue weighted by atomic mass is 16.2. The molecule has 0 radical (unpaired) electrons. The van der Waals surface area contributed by atoms with E-state index >= 15 is 0 Å². The number of nitrogens with zero attached hydrogens (tertiary/aromatic N) is 1. The second kappa shape index (κ2) is 5.34. The van der Waals surface area contributed by atoms with Gasteiger partial charge in [0.05, 0.1) is 0 Å². The Labute approximate surface area is 121 Å². The van der Waals surface area contributed by atoms with Crippen molar-refractivity contribution in [1.82, 2.24) is 4.90 Å². The van der Waals surface area contributed by atoms with Crippen LogP contribution < -0.4 is 0 Å². The predicted octanol–water partition coefficient (Wildman–Crippen LogP) is 3.30. The summed E-state index contributed by atoms with van der Waals surface area (Å²) in [4.78, 5) is 25.3. The number of amides is 2. The lowest BCUT2D eigenvalue weighted by Crippen LogP contribution is -2.32. The molecule has 0 aromatic carbocycles. The molecule has 1 heterocycles. The van der Waals surface area contributed by atoms with E-state index in [2.05, 4.69) is 0 Å². The first-order chi connectivity index (χ1) is 9.58. The van der Waals surface area contributed by atoms with E-state index in [1.54, 1.807) is 13.8 Å². The number of hydrogen-bond donors (Lipinski definition) is 0. The summed E-state index contributed by atoms with van der Waals surface area (Å²) in [7, 11) is 0. The summed E-state index contributed by atoms with van der Waals surface area (Å²) in [5.74, 6) is 2.78. The molecule has 0 N–H and O–H groups in total. The molecule has 2 fully saturated rings. The molecule has 3 atom stereocenters. The Morgan fingerprint density at radius 2 is 1.70 bits per heavy atom. The van der Waals surface area contributed by atoms with Crippen LogP contribution in [0.4, 0.5) is 0 Å². The zero-order valence-corrected chi connectivity index (χ0v) is 12.7. The zero-order chi connectivity index (χ0) is 14.3. The van der Waals surface area contributed by atoms with Gasteiger partial charge >= 0.3 is 0 Å². The topological polar surface area (TPSA) is 37.4 Å². The van der Waals surface area contributed by atoms with Gasteiger partial charge in [-0.1, -0.05) is 19.3 Å². The van der Waals surface area contributed by atoms with Gasteiger partial charge in [0.15, 0.2) is 0 Å². The molecule has 3 heteroatoms. The fourth-order valence-electron chi connectivity index (χ4n) is 4.43. The fourth-order valence-corrected chi connectivity index (χ4v) is 4.43. The summed E-state index contributed by atoms with van der Waals surface area (Å²) in [6.07, 6.45) is 9.22. The van der Waals surface area contributed by atoms with Crippen molar-refractivity contribution >= 4 is 11.8 Å². The van der Waals surface area contributed by atoms with Crippen molar-refractivity contribution in [2.75, 3.05) is 6.54 Å². The van der Waals surface area contributed by atoms with E-state index in [9.17, 15) is 9.59 Å². The van der Waals surface area contributed by atoms with Crippen LogP contribution >= 0.6 is 0 Å². The summed E-state index contributed by atoms with van der Waals surface area (Å²) in [5, 5.41) is 0. The summed E-state index contributed by atoms with van der Waals surface area (Å²) in [6, 6.07) is 0. The number of carbonyl (C=O) groups is 2. The molecule has 3 unspecified atom stereocenters. The van der Waals surface area contributed by atoms with E-state index in [4.69, 9.17) is 0 Å². The van der Waals surface area contributed by atoms with Gasteiger partial charge in [0.2, 0.25) is 0 Å². The number of carbonyl (C=O) groups excluding carboxylic acids is 2. The Bertz CT molecular complexity index is 442. The first-order valence-electron chi connectivity index (χ1n) is 8.11. The van der Waals surface area contributed by atoms with Crippen molar-refractivity contribution in [3.05, 3.63) is 11.1 Å². The maximum atomic E-state index is 11.9. The van der Waals surface area contributed by atoms with Gasteiger partial charge in [0, 0.05) is 17.7 Å². The quantitative estimate of drug-likeness (QED) is 0.570. The van der Waals surface area contributed by atoms with Crippen LogP contribution in [0.3, 0.4) is 0 Å². The minimum Gasteiger partial charge on any atom is -0.275 e. The highest BCUT2D eigenvalue weighted by Crippen LogP contribution is 2.49. The lowest BCUT2D eigenvalue weighted by molar-refractivity contribution is -0.137. The molecule has 2 aliphatic carbocycles. The van der Waals surface area contributed by atoms with Gasteiger partial charge < -0.3 is 0 Å². The Hall–Kier alpha value is -1.12. The third-order valence-corrected chi connectivity index (χ3v) is 5.79. The van der Waals surface area contributed by atoms with Crippen LogP contribution in [0.25, 0.3) is 0 Å². The fraction of sp³-hybridized carbons (Fsp3) is 0.765. The molecular formula is C17H25NO2. The molecule has 2 saturated carbocycles. The molecule has 3 aliphatic rings. The smallest absolute Gasteiger partial charge is 0.256 e. The molecule has 0 aromatic rings. The van der Waals surface area contributed by atoms with Crippen molar-refractivity contribution in [1.29, 1.82) is 0 Å². The molecule has 1 aliphatic heterocycles. The molecule has 20 heavy (non-hydrogen) atoms. The van der Waals surface area contributed by atoms with Crippen LogP contribution in [0.1, 0.15) is 58.8 Å². The number of fused-ring (bicyclic) bond motifs is 2. The first-order valence-corrected chi connectivity index (χ1v) is 8.11. The minimum absolute atomic E-state index is 0.0765. The van der Waals surface area contributed by atoms with E-state index in [1.165, 1.54) is 37.0 Å². The van der Waals surface area contributed by atoms with E-state index < -0.39 is 0 Å². The standard InChI is InChI=1S/C17H25NO2/c1-11-12(2)17(20)18(16(11)19)8-4-3-5-14-9-13-6-7-15(14)10-13/h13-15H,3-10H2,1-2H3. The molecule has 0 saturated heterocycles. The average molecular weight is 275 g/mol. The Morgan fingerprint density at radius 1 is 1.00 bits per heavy atom. The predicted molar refractivity (Wildman–Crippen MR) is 77.9 cm³/mol. The van der Waals surface area contributed by atoms with Crippen LogP contribution in [0.2, 0.25) is 0 Å². The van der Waals surface area contributed by atoms with Gasteiger partial charge in [0.25, 0.3) is 11.8 Å². The third kappa shape index (κ3) is 2.32. The van der Waals surface area contributed by atoms with Gasteiger partial charge in [0.1, 0.15) is 0 Å². The van der Waals surface area contributed by atoms with E-state index in [0.717, 1.165) is 30.6 Å². The molecule has 3 rings (SSSR count). The molecule has 0 spiro atoms. The van der Waals surface area contributed by atoms with Crippen molar-refractivity contribution < 1.29 is 9.59 Å². The molecule has 110 valence electrons. The molecule has 0 aromatic heterocycles.